The number of anilines is 1. The molecule has 3 aromatic rings. The average Bonchev–Trinajstić information content (AvgIpc) is 2.97. The molecule has 1 aliphatic heterocycles. The molecule has 2 aromatic carbocycles. The summed E-state index contributed by atoms with van der Waals surface area (Å²) in [6, 6.07) is 12.2. The molecule has 1 aromatic heterocycles. The molecule has 0 fully saturated rings. The molecule has 128 valence electrons. The second-order valence-electron chi connectivity index (χ2n) is 5.62. The quantitative estimate of drug-likeness (QED) is 0.671. The molecule has 0 amide bonds. The van der Waals surface area contributed by atoms with Crippen LogP contribution < -0.4 is 4.72 Å². The third-order valence-electron chi connectivity index (χ3n) is 4.02. The topological polar surface area (TPSA) is 76.9 Å². The smallest absolute Gasteiger partial charge is 0.264 e. The van der Waals surface area contributed by atoms with Gasteiger partial charge < -0.3 is 0 Å². The maximum absolute atomic E-state index is 12.7. The number of hydrogen-bond acceptors (Lipinski definition) is 5. The molecule has 0 saturated heterocycles. The minimum atomic E-state index is -3.88. The van der Waals surface area contributed by atoms with Crippen LogP contribution in [-0.4, -0.2) is 23.2 Å². The molecule has 9 heteroatoms. The summed E-state index contributed by atoms with van der Waals surface area (Å²) in [6.07, 6.45) is 1.55. The lowest BCUT2D eigenvalue weighted by Gasteiger charge is -2.19. The Kier molecular flexibility index (Phi) is 3.98. The zero-order valence-corrected chi connectivity index (χ0v) is 15.3. The summed E-state index contributed by atoms with van der Waals surface area (Å²) < 4.78 is 29.7. The van der Waals surface area contributed by atoms with E-state index < -0.39 is 10.0 Å². The van der Waals surface area contributed by atoms with Crippen LogP contribution in [0.25, 0.3) is 5.69 Å². The van der Waals surface area contributed by atoms with Gasteiger partial charge in [-0.25, -0.2) is 13.1 Å². The van der Waals surface area contributed by atoms with Gasteiger partial charge in [0.05, 0.1) is 5.69 Å². The van der Waals surface area contributed by atoms with E-state index in [0.717, 1.165) is 23.5 Å². The maximum atomic E-state index is 12.7. The van der Waals surface area contributed by atoms with Crippen molar-refractivity contribution in [3.05, 3.63) is 58.9 Å². The fourth-order valence-corrected chi connectivity index (χ4v) is 4.76. The number of halogens is 1. The van der Waals surface area contributed by atoms with Crippen LogP contribution in [0.3, 0.4) is 0 Å². The molecule has 0 atom stereocenters. The van der Waals surface area contributed by atoms with E-state index in [0.29, 0.717) is 11.4 Å². The van der Waals surface area contributed by atoms with Gasteiger partial charge in [0.1, 0.15) is 10.7 Å². The van der Waals surface area contributed by atoms with Gasteiger partial charge in [0.15, 0.2) is 0 Å². The number of rotatable bonds is 3. The van der Waals surface area contributed by atoms with E-state index in [1.54, 1.807) is 4.57 Å². The van der Waals surface area contributed by atoms with Crippen LogP contribution >= 0.6 is 24.2 Å². The number of nitrogens with one attached hydrogen (secondary N) is 1. The fourth-order valence-electron chi connectivity index (χ4n) is 2.88. The zero-order chi connectivity index (χ0) is 17.6. The summed E-state index contributed by atoms with van der Waals surface area (Å²) >= 11 is 10.1. The van der Waals surface area contributed by atoms with Gasteiger partial charge >= 0.3 is 0 Å². The van der Waals surface area contributed by atoms with Crippen LogP contribution in [0.1, 0.15) is 11.4 Å². The van der Waals surface area contributed by atoms with Crippen molar-refractivity contribution in [2.24, 2.45) is 0 Å². The molecule has 6 nitrogen and oxygen atoms in total. The summed E-state index contributed by atoms with van der Waals surface area (Å²) in [4.78, 5) is 0.292. The molecule has 2 heterocycles. The lowest BCUT2D eigenvalue weighted by Crippen LogP contribution is -2.19. The van der Waals surface area contributed by atoms with Gasteiger partial charge in [0.2, 0.25) is 5.95 Å². The Morgan fingerprint density at radius 3 is 2.72 bits per heavy atom. The predicted octanol–water partition coefficient (Wildman–Crippen LogP) is 3.11. The van der Waals surface area contributed by atoms with E-state index >= 15 is 0 Å². The van der Waals surface area contributed by atoms with Gasteiger partial charge in [0, 0.05) is 16.3 Å². The SMILES string of the molecule is O=S(=O)(Nc1nnc2n1-c1ccccc1CC2)c1ccc(Cl)cc1S. The minimum Gasteiger partial charge on any atom is -0.264 e. The van der Waals surface area contributed by atoms with E-state index in [9.17, 15) is 8.42 Å². The normalized spacial score (nSPS) is 13.2. The number of hydrogen-bond donors (Lipinski definition) is 2. The summed E-state index contributed by atoms with van der Waals surface area (Å²) in [7, 11) is -3.88. The number of thiol groups is 1. The molecule has 0 unspecified atom stereocenters. The Morgan fingerprint density at radius 1 is 1.12 bits per heavy atom. The standard InChI is InChI=1S/C16H13ClN4O2S2/c17-11-6-7-14(13(24)9-11)25(22,23)20-16-19-18-15-8-5-10-3-1-2-4-12(10)21(15)16/h1-4,6-7,9,24H,5,8H2,(H,19,20). The van der Waals surface area contributed by atoms with E-state index in [-0.39, 0.29) is 15.7 Å². The largest absolute Gasteiger partial charge is 0.265 e. The monoisotopic (exact) mass is 392 g/mol. The Labute approximate surface area is 155 Å². The number of sulfonamides is 1. The molecular weight excluding hydrogens is 380 g/mol. The summed E-state index contributed by atoms with van der Waals surface area (Å²) in [5, 5.41) is 8.56. The molecule has 25 heavy (non-hydrogen) atoms. The van der Waals surface area contributed by atoms with Crippen LogP contribution in [0.5, 0.6) is 0 Å². The fraction of sp³-hybridized carbons (Fsp3) is 0.125. The van der Waals surface area contributed by atoms with Gasteiger partial charge in [-0.2, -0.15) is 0 Å². The number of aromatic nitrogens is 3. The Hall–Kier alpha value is -2.03. The van der Waals surface area contributed by atoms with Gasteiger partial charge in [-0.05, 0) is 36.2 Å². The molecule has 0 saturated carbocycles. The Morgan fingerprint density at radius 2 is 1.92 bits per heavy atom. The zero-order valence-electron chi connectivity index (χ0n) is 12.8. The molecule has 1 aliphatic rings. The van der Waals surface area contributed by atoms with Crippen LogP contribution in [0.2, 0.25) is 5.02 Å². The predicted molar refractivity (Wildman–Crippen MR) is 98.3 cm³/mol. The molecule has 1 N–H and O–H groups in total. The minimum absolute atomic E-state index is 0.0293. The van der Waals surface area contributed by atoms with Crippen molar-refractivity contribution in [2.45, 2.75) is 22.6 Å². The van der Waals surface area contributed by atoms with E-state index in [2.05, 4.69) is 27.5 Å². The van der Waals surface area contributed by atoms with Gasteiger partial charge in [0.25, 0.3) is 10.0 Å². The van der Waals surface area contributed by atoms with E-state index in [1.165, 1.54) is 18.2 Å². The highest BCUT2D eigenvalue weighted by molar-refractivity contribution is 7.93. The number of fused-ring (bicyclic) bond motifs is 3. The van der Waals surface area contributed by atoms with Gasteiger partial charge in [-0.3, -0.25) is 4.57 Å². The molecule has 0 spiro atoms. The lowest BCUT2D eigenvalue weighted by atomic mass is 10.0. The molecular formula is C16H13ClN4O2S2. The summed E-state index contributed by atoms with van der Waals surface area (Å²) in [6.45, 7) is 0. The first-order valence-corrected chi connectivity index (χ1v) is 9.80. The molecule has 0 aliphatic carbocycles. The highest BCUT2D eigenvalue weighted by Crippen LogP contribution is 2.29. The third-order valence-corrected chi connectivity index (χ3v) is 6.16. The van der Waals surface area contributed by atoms with Crippen molar-refractivity contribution < 1.29 is 8.42 Å². The van der Waals surface area contributed by atoms with Crippen LogP contribution in [-0.2, 0) is 22.9 Å². The second kappa shape index (κ2) is 6.05. The summed E-state index contributed by atoms with van der Waals surface area (Å²) in [5.74, 6) is 0.878. The van der Waals surface area contributed by atoms with E-state index in [1.807, 2.05) is 24.3 Å². The number of nitrogens with zero attached hydrogens (tertiary/aromatic N) is 3. The third kappa shape index (κ3) is 2.90. The van der Waals surface area contributed by atoms with Crippen LogP contribution in [0, 0.1) is 0 Å². The molecule has 0 radical (unpaired) electrons. The highest BCUT2D eigenvalue weighted by atomic mass is 35.5. The lowest BCUT2D eigenvalue weighted by molar-refractivity contribution is 0.598. The Balaban J connectivity index is 1.77. The number of aryl methyl sites for hydroxylation is 2. The van der Waals surface area contributed by atoms with Crippen molar-refractivity contribution in [1.29, 1.82) is 0 Å². The van der Waals surface area contributed by atoms with Crippen molar-refractivity contribution in [2.75, 3.05) is 4.72 Å². The van der Waals surface area contributed by atoms with Crippen molar-refractivity contribution in [1.82, 2.24) is 14.8 Å². The first kappa shape index (κ1) is 16.4. The van der Waals surface area contributed by atoms with Crippen LogP contribution in [0.4, 0.5) is 5.95 Å². The number of benzene rings is 2. The van der Waals surface area contributed by atoms with Gasteiger partial charge in [-0.1, -0.05) is 29.8 Å². The first-order chi connectivity index (χ1) is 12.0. The van der Waals surface area contributed by atoms with Gasteiger partial charge in [-0.15, -0.1) is 22.8 Å². The molecule has 0 bridgehead atoms. The average molecular weight is 393 g/mol. The molecule has 4 rings (SSSR count). The van der Waals surface area contributed by atoms with Crippen molar-refractivity contribution >= 4 is 40.2 Å². The maximum Gasteiger partial charge on any atom is 0.265 e. The number of para-hydroxylation sites is 1. The Bertz CT molecular complexity index is 1080. The first-order valence-electron chi connectivity index (χ1n) is 7.49. The van der Waals surface area contributed by atoms with Crippen LogP contribution in [0.15, 0.2) is 52.3 Å². The highest BCUT2D eigenvalue weighted by Gasteiger charge is 2.25. The van der Waals surface area contributed by atoms with Crippen molar-refractivity contribution in [3.8, 4) is 5.69 Å². The van der Waals surface area contributed by atoms with E-state index in [4.69, 9.17) is 11.6 Å². The van der Waals surface area contributed by atoms with Crippen molar-refractivity contribution in [3.63, 3.8) is 0 Å². The second-order valence-corrected chi connectivity index (χ2v) is 8.19. The summed E-state index contributed by atoms with van der Waals surface area (Å²) in [5.41, 5.74) is 2.00.